The first-order valence-corrected chi connectivity index (χ1v) is 6.90. The lowest BCUT2D eigenvalue weighted by atomic mass is 10.3. The Morgan fingerprint density at radius 1 is 1.20 bits per heavy atom. The van der Waals surface area contributed by atoms with Crippen molar-refractivity contribution < 1.29 is 14.7 Å². The molecular formula is C13H24N4O3. The molecule has 0 spiro atoms. The minimum atomic E-state index is -0.494. The van der Waals surface area contributed by atoms with Crippen molar-refractivity contribution in [3.8, 4) is 0 Å². The van der Waals surface area contributed by atoms with E-state index in [2.05, 4.69) is 22.1 Å². The quantitative estimate of drug-likeness (QED) is 0.545. The first kappa shape index (κ1) is 16.6. The SMILES string of the molecule is C=CCNC(=O)NC(=O)CN1CCCN(CCO)CC1. The number of nitrogens with one attached hydrogen (secondary N) is 2. The Kier molecular flexibility index (Phi) is 7.86. The van der Waals surface area contributed by atoms with Crippen molar-refractivity contribution in [1.29, 1.82) is 0 Å². The molecule has 7 nitrogen and oxygen atoms in total. The van der Waals surface area contributed by atoms with E-state index in [9.17, 15) is 9.59 Å². The average Bonchev–Trinajstić information content (AvgIpc) is 2.62. The predicted octanol–water partition coefficient (Wildman–Crippen LogP) is -1.00. The van der Waals surface area contributed by atoms with E-state index >= 15 is 0 Å². The monoisotopic (exact) mass is 284 g/mol. The van der Waals surface area contributed by atoms with Crippen LogP contribution in [0.15, 0.2) is 12.7 Å². The summed E-state index contributed by atoms with van der Waals surface area (Å²) in [6.45, 7) is 8.20. The summed E-state index contributed by atoms with van der Waals surface area (Å²) < 4.78 is 0. The lowest BCUT2D eigenvalue weighted by Gasteiger charge is -2.20. The van der Waals surface area contributed by atoms with Gasteiger partial charge in [-0.2, -0.15) is 0 Å². The van der Waals surface area contributed by atoms with Gasteiger partial charge in [0, 0.05) is 26.2 Å². The van der Waals surface area contributed by atoms with Crippen molar-refractivity contribution in [2.45, 2.75) is 6.42 Å². The number of carbonyl (C=O) groups excluding carboxylic acids is 2. The predicted molar refractivity (Wildman–Crippen MR) is 76.3 cm³/mol. The smallest absolute Gasteiger partial charge is 0.321 e. The van der Waals surface area contributed by atoms with Crippen LogP contribution in [0.1, 0.15) is 6.42 Å². The molecule has 0 bridgehead atoms. The van der Waals surface area contributed by atoms with Crippen molar-refractivity contribution in [3.05, 3.63) is 12.7 Å². The van der Waals surface area contributed by atoms with Crippen LogP contribution < -0.4 is 10.6 Å². The number of imide groups is 1. The number of β-amino-alcohol motifs (C(OH)–C–C–N with tert-alkyl or cyclic N) is 1. The number of aliphatic hydroxyl groups is 1. The number of aliphatic hydroxyl groups excluding tert-OH is 1. The van der Waals surface area contributed by atoms with E-state index in [0.29, 0.717) is 13.1 Å². The van der Waals surface area contributed by atoms with Crippen LogP contribution in [0.2, 0.25) is 0 Å². The fourth-order valence-electron chi connectivity index (χ4n) is 2.13. The van der Waals surface area contributed by atoms with Gasteiger partial charge in [-0.25, -0.2) is 4.79 Å². The van der Waals surface area contributed by atoms with E-state index < -0.39 is 6.03 Å². The highest BCUT2D eigenvalue weighted by atomic mass is 16.3. The van der Waals surface area contributed by atoms with Gasteiger partial charge in [-0.15, -0.1) is 6.58 Å². The summed E-state index contributed by atoms with van der Waals surface area (Å²) in [5, 5.41) is 13.7. The highest BCUT2D eigenvalue weighted by Crippen LogP contribution is 2.02. The molecule has 1 aliphatic heterocycles. The third-order valence-corrected chi connectivity index (χ3v) is 3.12. The molecule has 20 heavy (non-hydrogen) atoms. The zero-order valence-corrected chi connectivity index (χ0v) is 11.8. The van der Waals surface area contributed by atoms with E-state index in [1.54, 1.807) is 6.08 Å². The minimum Gasteiger partial charge on any atom is -0.395 e. The Labute approximate surface area is 119 Å². The van der Waals surface area contributed by atoms with Gasteiger partial charge in [-0.3, -0.25) is 19.9 Å². The molecule has 0 radical (unpaired) electrons. The number of rotatable bonds is 6. The van der Waals surface area contributed by atoms with E-state index in [1.807, 2.05) is 4.90 Å². The van der Waals surface area contributed by atoms with E-state index in [-0.39, 0.29) is 19.1 Å². The number of urea groups is 1. The van der Waals surface area contributed by atoms with E-state index in [1.165, 1.54) is 0 Å². The molecule has 0 aromatic heterocycles. The van der Waals surface area contributed by atoms with Gasteiger partial charge in [0.25, 0.3) is 0 Å². The normalized spacial score (nSPS) is 17.2. The average molecular weight is 284 g/mol. The molecule has 114 valence electrons. The zero-order valence-electron chi connectivity index (χ0n) is 11.8. The summed E-state index contributed by atoms with van der Waals surface area (Å²) >= 11 is 0. The Bertz CT molecular complexity index is 336. The molecule has 7 heteroatoms. The summed E-state index contributed by atoms with van der Waals surface area (Å²) in [7, 11) is 0. The molecule has 0 saturated carbocycles. The van der Waals surface area contributed by atoms with Crippen LogP contribution >= 0.6 is 0 Å². The highest BCUT2D eigenvalue weighted by molar-refractivity contribution is 5.95. The summed E-state index contributed by atoms with van der Waals surface area (Å²) in [6.07, 6.45) is 2.50. The number of hydrogen-bond acceptors (Lipinski definition) is 5. The maximum absolute atomic E-state index is 11.7. The van der Waals surface area contributed by atoms with Gasteiger partial charge in [0.2, 0.25) is 5.91 Å². The van der Waals surface area contributed by atoms with Gasteiger partial charge in [0.1, 0.15) is 0 Å². The molecule has 0 aliphatic carbocycles. The first-order chi connectivity index (χ1) is 9.65. The van der Waals surface area contributed by atoms with Crippen LogP contribution in [-0.4, -0.2) is 79.3 Å². The molecule has 1 heterocycles. The third kappa shape index (κ3) is 6.65. The summed E-state index contributed by atoms with van der Waals surface area (Å²) in [5.41, 5.74) is 0. The van der Waals surface area contributed by atoms with Gasteiger partial charge in [0.05, 0.1) is 13.2 Å². The standard InChI is InChI=1S/C13H24N4O3/c1-2-4-14-13(20)15-12(19)11-17-6-3-5-16(7-8-17)9-10-18/h2,18H,1,3-11H2,(H2,14,15,19,20). The fourth-order valence-corrected chi connectivity index (χ4v) is 2.13. The molecule has 0 atom stereocenters. The van der Waals surface area contributed by atoms with Gasteiger partial charge in [-0.1, -0.05) is 6.08 Å². The number of carbonyl (C=O) groups is 2. The fraction of sp³-hybridized carbons (Fsp3) is 0.692. The largest absolute Gasteiger partial charge is 0.395 e. The van der Waals surface area contributed by atoms with Crippen LogP contribution in [0.3, 0.4) is 0 Å². The van der Waals surface area contributed by atoms with E-state index in [0.717, 1.165) is 32.6 Å². The lowest BCUT2D eigenvalue weighted by Crippen LogP contribution is -2.45. The lowest BCUT2D eigenvalue weighted by molar-refractivity contribution is -0.121. The second kappa shape index (κ2) is 9.46. The van der Waals surface area contributed by atoms with E-state index in [4.69, 9.17) is 5.11 Å². The molecule has 0 aromatic carbocycles. The Morgan fingerprint density at radius 3 is 2.60 bits per heavy atom. The third-order valence-electron chi connectivity index (χ3n) is 3.12. The molecule has 1 aliphatic rings. The van der Waals surface area contributed by atoms with Crippen molar-refractivity contribution in [3.63, 3.8) is 0 Å². The van der Waals surface area contributed by atoms with Crippen molar-refractivity contribution in [2.24, 2.45) is 0 Å². The van der Waals surface area contributed by atoms with Gasteiger partial charge >= 0.3 is 6.03 Å². The molecule has 0 aromatic rings. The maximum atomic E-state index is 11.7. The van der Waals surface area contributed by atoms with Crippen molar-refractivity contribution >= 4 is 11.9 Å². The Hall–Kier alpha value is -1.44. The number of nitrogens with zero attached hydrogens (tertiary/aromatic N) is 2. The first-order valence-electron chi connectivity index (χ1n) is 6.90. The van der Waals surface area contributed by atoms with Crippen molar-refractivity contribution in [2.75, 3.05) is 52.4 Å². The second-order valence-corrected chi connectivity index (χ2v) is 4.74. The number of amides is 3. The molecule has 0 unspecified atom stereocenters. The van der Waals surface area contributed by atoms with Crippen LogP contribution in [0.5, 0.6) is 0 Å². The van der Waals surface area contributed by atoms with Crippen LogP contribution in [0.25, 0.3) is 0 Å². The summed E-state index contributed by atoms with van der Waals surface area (Å²) in [6, 6.07) is -0.494. The van der Waals surface area contributed by atoms with Crippen molar-refractivity contribution in [1.82, 2.24) is 20.4 Å². The van der Waals surface area contributed by atoms with Gasteiger partial charge in [0.15, 0.2) is 0 Å². The molecule has 1 fully saturated rings. The second-order valence-electron chi connectivity index (χ2n) is 4.74. The topological polar surface area (TPSA) is 84.9 Å². The number of hydrogen-bond donors (Lipinski definition) is 3. The Morgan fingerprint density at radius 2 is 1.90 bits per heavy atom. The zero-order chi connectivity index (χ0) is 14.8. The van der Waals surface area contributed by atoms with Crippen LogP contribution in [0.4, 0.5) is 4.79 Å². The highest BCUT2D eigenvalue weighted by Gasteiger charge is 2.17. The summed E-state index contributed by atoms with van der Waals surface area (Å²) in [5.74, 6) is -0.304. The van der Waals surface area contributed by atoms with Gasteiger partial charge in [-0.05, 0) is 19.5 Å². The molecule has 3 N–H and O–H groups in total. The maximum Gasteiger partial charge on any atom is 0.321 e. The molecular weight excluding hydrogens is 260 g/mol. The van der Waals surface area contributed by atoms with Crippen LogP contribution in [-0.2, 0) is 4.79 Å². The summed E-state index contributed by atoms with van der Waals surface area (Å²) in [4.78, 5) is 27.2. The Balaban J connectivity index is 2.27. The molecule has 1 saturated heterocycles. The minimum absolute atomic E-state index is 0.157. The van der Waals surface area contributed by atoms with Crippen LogP contribution in [0, 0.1) is 0 Å². The van der Waals surface area contributed by atoms with Gasteiger partial charge < -0.3 is 10.4 Å². The molecule has 1 rings (SSSR count). The molecule has 3 amide bonds.